The van der Waals surface area contributed by atoms with E-state index in [2.05, 4.69) is 16.0 Å². The van der Waals surface area contributed by atoms with Crippen LogP contribution in [-0.4, -0.2) is 189 Å². The molecule has 2 aliphatic heterocycles. The van der Waals surface area contributed by atoms with Crippen LogP contribution in [0.5, 0.6) is 0 Å². The van der Waals surface area contributed by atoms with Crippen LogP contribution in [0, 0.1) is 0 Å². The molecular weight excluding hydrogens is 808 g/mol. The molecule has 0 spiro atoms. The predicted octanol–water partition coefficient (Wildman–Crippen LogP) is -6.14. The van der Waals surface area contributed by atoms with Gasteiger partial charge in [-0.3, -0.25) is 24.0 Å². The summed E-state index contributed by atoms with van der Waals surface area (Å²) in [7, 11) is 1.30. The van der Waals surface area contributed by atoms with E-state index in [0.717, 1.165) is 10.5 Å². The summed E-state index contributed by atoms with van der Waals surface area (Å²) < 4.78 is 21.9. The lowest BCUT2D eigenvalue weighted by Crippen LogP contribution is -2.65. The van der Waals surface area contributed by atoms with Gasteiger partial charge in [0.2, 0.25) is 29.5 Å². The number of aliphatic hydroxyl groups excluding tert-OH is 7. The van der Waals surface area contributed by atoms with Crippen LogP contribution in [0.1, 0.15) is 18.1 Å². The molecule has 0 aromatic heterocycles. The van der Waals surface area contributed by atoms with Crippen LogP contribution < -0.4 is 27.4 Å². The van der Waals surface area contributed by atoms with Crippen molar-refractivity contribution in [1.82, 2.24) is 20.9 Å². The monoisotopic (exact) mass is 864 g/mol. The summed E-state index contributed by atoms with van der Waals surface area (Å²) in [6.07, 6.45) is -17.1. The van der Waals surface area contributed by atoms with Gasteiger partial charge in [-0.15, -0.1) is 0 Å². The molecular formula is C39H56N6O16. The Kier molecular flexibility index (Phi) is 18.4. The highest BCUT2D eigenvalue weighted by Gasteiger charge is 2.51. The van der Waals surface area contributed by atoms with Gasteiger partial charge in [-0.05, 0) is 24.5 Å². The number of ether oxygens (including phenoxy) is 4. The average molecular weight is 865 g/mol. The first-order valence-electron chi connectivity index (χ1n) is 19.4. The van der Waals surface area contributed by atoms with E-state index in [1.54, 1.807) is 42.5 Å². The molecule has 0 radical (unpaired) electrons. The molecule has 2 aliphatic rings. The van der Waals surface area contributed by atoms with Crippen molar-refractivity contribution in [3.63, 3.8) is 0 Å². The minimum Gasteiger partial charge on any atom is -0.394 e. The van der Waals surface area contributed by atoms with Gasteiger partial charge in [0, 0.05) is 13.5 Å². The Morgan fingerprint density at radius 1 is 0.738 bits per heavy atom. The van der Waals surface area contributed by atoms with Gasteiger partial charge < -0.3 is 87.0 Å². The number of nitrogens with two attached hydrogens (primary N) is 2. The van der Waals surface area contributed by atoms with Crippen molar-refractivity contribution in [2.24, 2.45) is 11.5 Å². The number of primary amides is 1. The fourth-order valence-corrected chi connectivity index (χ4v) is 6.55. The van der Waals surface area contributed by atoms with E-state index in [9.17, 15) is 59.7 Å². The lowest BCUT2D eigenvalue weighted by atomic mass is 9.97. The first kappa shape index (κ1) is 49.0. The fourth-order valence-electron chi connectivity index (χ4n) is 6.55. The van der Waals surface area contributed by atoms with Gasteiger partial charge in [-0.1, -0.05) is 60.7 Å². The van der Waals surface area contributed by atoms with Crippen LogP contribution >= 0.6 is 0 Å². The summed E-state index contributed by atoms with van der Waals surface area (Å²) >= 11 is 0. The van der Waals surface area contributed by atoms with Gasteiger partial charge in [0.25, 0.3) is 0 Å². The van der Waals surface area contributed by atoms with Crippen molar-refractivity contribution in [2.75, 3.05) is 33.4 Å². The zero-order valence-corrected chi connectivity index (χ0v) is 33.5. The number of nitrogens with one attached hydrogen (secondary N) is 3. The van der Waals surface area contributed by atoms with Crippen molar-refractivity contribution >= 4 is 29.5 Å². The minimum absolute atomic E-state index is 0.0639. The van der Waals surface area contributed by atoms with Crippen molar-refractivity contribution < 1.29 is 78.7 Å². The highest BCUT2D eigenvalue weighted by Crippen LogP contribution is 2.29. The molecule has 2 aromatic rings. The Bertz CT molecular complexity index is 1740. The number of likely N-dealkylation sites (N-methyl/N-ethyl adjacent to an activating group) is 1. The first-order valence-corrected chi connectivity index (χ1v) is 19.4. The number of hydrogen-bond donors (Lipinski definition) is 12. The van der Waals surface area contributed by atoms with Crippen LogP contribution in [0.15, 0.2) is 60.7 Å². The number of carbonyl (C=O) groups excluding carboxylic acids is 5. The number of carbonyl (C=O) groups is 5. The molecule has 14 atom stereocenters. The number of nitrogens with zero attached hydrogens (tertiary/aromatic N) is 1. The predicted molar refractivity (Wildman–Crippen MR) is 209 cm³/mol. The maximum Gasteiger partial charge on any atom is 0.243 e. The molecule has 5 amide bonds. The third-order valence-corrected chi connectivity index (χ3v) is 10.3. The summed E-state index contributed by atoms with van der Waals surface area (Å²) in [4.78, 5) is 66.4. The summed E-state index contributed by atoms with van der Waals surface area (Å²) in [5.74, 6) is -4.00. The minimum atomic E-state index is -1.95. The van der Waals surface area contributed by atoms with Crippen LogP contribution in [0.3, 0.4) is 0 Å². The molecule has 22 heteroatoms. The summed E-state index contributed by atoms with van der Waals surface area (Å²) in [6, 6.07) is 12.7. The Balaban J connectivity index is 1.37. The zero-order chi connectivity index (χ0) is 45.0. The molecule has 2 heterocycles. The molecule has 2 fully saturated rings. The second kappa shape index (κ2) is 23.0. The highest BCUT2D eigenvalue weighted by atomic mass is 16.7. The zero-order valence-electron chi connectivity index (χ0n) is 33.5. The Morgan fingerprint density at radius 2 is 1.30 bits per heavy atom. The van der Waals surface area contributed by atoms with Gasteiger partial charge in [-0.2, -0.15) is 0 Å². The van der Waals surface area contributed by atoms with E-state index >= 15 is 0 Å². The molecule has 2 saturated heterocycles. The van der Waals surface area contributed by atoms with Crippen molar-refractivity contribution in [3.8, 4) is 0 Å². The second-order valence-electron chi connectivity index (χ2n) is 14.8. The standard InChI is InChI=1S/C39H56N6O16/c1-19(43-36(56)22(40)13-20-9-5-3-6-10-20)35(55)42-15-27(48)45(2)24(14-21-11-7-4-8-12-21)37(57)44-23(34(41)54)18-58-38-32(53)30(51)33(26(17-47)60-38)61-39-31(52)29(50)28(49)25(16-46)59-39/h3-12,19,22-26,28-33,38-39,46-47,49-53H,13-18,40H2,1-2H3,(H2,41,54)(H,42,55)(H,43,56)(H,44,57)/t19-,22+,23+,24+,25-,26-,28+,29+,30-,31-,32-,33-,38-,39+/m1/s1. The lowest BCUT2D eigenvalue weighted by molar-refractivity contribution is -0.359. The average Bonchev–Trinajstić information content (AvgIpc) is 3.25. The number of hydrogen-bond acceptors (Lipinski definition) is 17. The molecule has 0 saturated carbocycles. The maximum atomic E-state index is 13.8. The van der Waals surface area contributed by atoms with E-state index in [4.69, 9.17) is 30.4 Å². The van der Waals surface area contributed by atoms with Gasteiger partial charge in [0.05, 0.1) is 32.4 Å². The Morgan fingerprint density at radius 3 is 1.87 bits per heavy atom. The first-order chi connectivity index (χ1) is 29.0. The highest BCUT2D eigenvalue weighted by molar-refractivity contribution is 5.94. The molecule has 22 nitrogen and oxygen atoms in total. The number of amides is 5. The summed E-state index contributed by atoms with van der Waals surface area (Å²) in [6.45, 7) is -1.57. The van der Waals surface area contributed by atoms with Crippen LogP contribution in [0.25, 0.3) is 0 Å². The normalized spacial score (nSPS) is 28.4. The molecule has 0 bridgehead atoms. The lowest BCUT2D eigenvalue weighted by Gasteiger charge is -2.46. The van der Waals surface area contributed by atoms with Gasteiger partial charge in [0.1, 0.15) is 67.0 Å². The third-order valence-electron chi connectivity index (χ3n) is 10.3. The molecule has 2 aromatic carbocycles. The quantitative estimate of drug-likeness (QED) is 0.0589. The molecule has 4 rings (SSSR count). The van der Waals surface area contributed by atoms with Gasteiger partial charge in [0.15, 0.2) is 12.6 Å². The van der Waals surface area contributed by atoms with E-state index in [1.165, 1.54) is 14.0 Å². The SMILES string of the molecule is C[C@@H](NC(=O)[C@@H](N)Cc1ccccc1)C(=O)NCC(=O)N(C)[C@@H](Cc1ccccc1)C(=O)N[C@@H](CO[C@@H]1O[C@H](CO)[C@@H](O[C@@H]2O[C@H](CO)[C@H](O)[C@H](O)[C@H]2O)[C@H](O)[C@H]1O)C(N)=O. The van der Waals surface area contributed by atoms with Crippen LogP contribution in [-0.2, 0) is 55.8 Å². The van der Waals surface area contributed by atoms with E-state index < -0.39 is 141 Å². The largest absolute Gasteiger partial charge is 0.394 e. The van der Waals surface area contributed by atoms with E-state index in [0.29, 0.717) is 5.56 Å². The Labute approximate surface area is 350 Å². The molecule has 338 valence electrons. The van der Waals surface area contributed by atoms with E-state index in [-0.39, 0.29) is 12.8 Å². The Hall–Kier alpha value is -4.69. The van der Waals surface area contributed by atoms with Gasteiger partial charge >= 0.3 is 0 Å². The number of benzene rings is 2. The molecule has 14 N–H and O–H groups in total. The maximum absolute atomic E-state index is 13.8. The van der Waals surface area contributed by atoms with Crippen LogP contribution in [0.4, 0.5) is 0 Å². The van der Waals surface area contributed by atoms with Crippen molar-refractivity contribution in [2.45, 2.75) is 105 Å². The fraction of sp³-hybridized carbons (Fsp3) is 0.564. The van der Waals surface area contributed by atoms with Crippen LogP contribution in [0.2, 0.25) is 0 Å². The number of aliphatic hydroxyl groups is 7. The smallest absolute Gasteiger partial charge is 0.243 e. The second-order valence-corrected chi connectivity index (χ2v) is 14.8. The third kappa shape index (κ3) is 13.2. The van der Waals surface area contributed by atoms with E-state index in [1.807, 2.05) is 18.2 Å². The topological polar surface area (TPSA) is 355 Å². The molecule has 61 heavy (non-hydrogen) atoms. The molecule has 0 aliphatic carbocycles. The summed E-state index contributed by atoms with van der Waals surface area (Å²) in [5.41, 5.74) is 13.0. The van der Waals surface area contributed by atoms with Gasteiger partial charge in [-0.25, -0.2) is 0 Å². The molecule has 0 unspecified atom stereocenters. The summed E-state index contributed by atoms with van der Waals surface area (Å²) in [5, 5.41) is 79.2. The van der Waals surface area contributed by atoms with Crippen molar-refractivity contribution in [3.05, 3.63) is 71.8 Å². The number of rotatable bonds is 20. The van der Waals surface area contributed by atoms with Crippen molar-refractivity contribution in [1.29, 1.82) is 0 Å².